The fourth-order valence-electron chi connectivity index (χ4n) is 3.50. The van der Waals surface area contributed by atoms with Crippen molar-refractivity contribution in [3.63, 3.8) is 0 Å². The Morgan fingerprint density at radius 2 is 1.18 bits per heavy atom. The van der Waals surface area contributed by atoms with Gasteiger partial charge >= 0.3 is 5.97 Å². The summed E-state index contributed by atoms with van der Waals surface area (Å²) in [6.45, 7) is -0.0499. The van der Waals surface area contributed by atoms with Gasteiger partial charge in [0.2, 0.25) is 0 Å². The highest BCUT2D eigenvalue weighted by atomic mass is 32.2. The summed E-state index contributed by atoms with van der Waals surface area (Å²) in [4.78, 5) is 25.8. The predicted molar refractivity (Wildman–Crippen MR) is 129 cm³/mol. The summed E-state index contributed by atoms with van der Waals surface area (Å²) >= 11 is 0. The van der Waals surface area contributed by atoms with Gasteiger partial charge in [-0.1, -0.05) is 91.0 Å². The van der Waals surface area contributed by atoms with Crippen molar-refractivity contribution in [3.8, 4) is 0 Å². The lowest BCUT2D eigenvalue weighted by molar-refractivity contribution is 0.0470. The zero-order valence-electron chi connectivity index (χ0n) is 18.3. The summed E-state index contributed by atoms with van der Waals surface area (Å²) in [5, 5.41) is 0. The Labute approximate surface area is 198 Å². The maximum absolute atomic E-state index is 12.8. The molecule has 5 nitrogen and oxygen atoms in total. The van der Waals surface area contributed by atoms with Crippen molar-refractivity contribution in [2.75, 3.05) is 0 Å². The van der Waals surface area contributed by atoms with E-state index in [0.29, 0.717) is 16.7 Å². The Kier molecular flexibility index (Phi) is 6.99. The van der Waals surface area contributed by atoms with E-state index in [-0.39, 0.29) is 34.2 Å². The fraction of sp³-hybridized carbons (Fsp3) is 0.0714. The molecule has 0 spiro atoms. The van der Waals surface area contributed by atoms with E-state index < -0.39 is 15.8 Å². The Morgan fingerprint density at radius 3 is 1.82 bits per heavy atom. The normalized spacial score (nSPS) is 11.1. The van der Waals surface area contributed by atoms with Gasteiger partial charge in [0, 0.05) is 11.1 Å². The number of hydrogen-bond donors (Lipinski definition) is 0. The van der Waals surface area contributed by atoms with Crippen LogP contribution in [0.25, 0.3) is 0 Å². The first-order chi connectivity index (χ1) is 16.4. The molecule has 0 unspecified atom stereocenters. The highest BCUT2D eigenvalue weighted by molar-refractivity contribution is 7.90. The average molecular weight is 471 g/mol. The Bertz CT molecular complexity index is 1390. The van der Waals surface area contributed by atoms with Gasteiger partial charge in [-0.05, 0) is 29.3 Å². The molecule has 4 aromatic rings. The van der Waals surface area contributed by atoms with Crippen LogP contribution in [0, 0.1) is 0 Å². The van der Waals surface area contributed by atoms with E-state index in [0.717, 1.165) is 0 Å². The Morgan fingerprint density at radius 1 is 0.618 bits per heavy atom. The summed E-state index contributed by atoms with van der Waals surface area (Å²) in [6, 6.07) is 30.5. The molecule has 0 aliphatic rings. The van der Waals surface area contributed by atoms with E-state index in [2.05, 4.69) is 0 Å². The maximum Gasteiger partial charge on any atom is 0.339 e. The highest BCUT2D eigenvalue weighted by Gasteiger charge is 2.19. The Hall–Kier alpha value is -4.03. The van der Waals surface area contributed by atoms with Crippen molar-refractivity contribution in [3.05, 3.63) is 137 Å². The lowest BCUT2D eigenvalue weighted by Crippen LogP contribution is -2.12. The zero-order valence-corrected chi connectivity index (χ0v) is 19.1. The molecular weight excluding hydrogens is 448 g/mol. The van der Waals surface area contributed by atoms with Gasteiger partial charge in [-0.2, -0.15) is 0 Å². The molecule has 6 heteroatoms. The minimum absolute atomic E-state index is 0.0499. The van der Waals surface area contributed by atoms with E-state index in [1.807, 2.05) is 12.1 Å². The molecule has 0 aliphatic carbocycles. The third-order valence-electron chi connectivity index (χ3n) is 5.28. The van der Waals surface area contributed by atoms with E-state index in [1.165, 1.54) is 12.1 Å². The van der Waals surface area contributed by atoms with E-state index >= 15 is 0 Å². The number of esters is 1. The van der Waals surface area contributed by atoms with Crippen LogP contribution in [0.3, 0.4) is 0 Å². The van der Waals surface area contributed by atoms with Crippen molar-refractivity contribution in [2.45, 2.75) is 17.3 Å². The maximum atomic E-state index is 12.8. The SMILES string of the molecule is O=C(OCc1ccc(S(=O)(=O)Cc2ccccc2)cc1)c1ccccc1C(=O)c1ccccc1. The van der Waals surface area contributed by atoms with Crippen molar-refractivity contribution < 1.29 is 22.7 Å². The molecule has 0 amide bonds. The first kappa shape index (κ1) is 23.1. The van der Waals surface area contributed by atoms with Crippen LogP contribution in [-0.2, 0) is 26.9 Å². The van der Waals surface area contributed by atoms with E-state index in [4.69, 9.17) is 4.74 Å². The lowest BCUT2D eigenvalue weighted by Gasteiger charge is -2.10. The second kappa shape index (κ2) is 10.3. The van der Waals surface area contributed by atoms with Gasteiger partial charge in [0.15, 0.2) is 15.6 Å². The number of ether oxygens (including phenoxy) is 1. The van der Waals surface area contributed by atoms with Gasteiger partial charge in [-0.15, -0.1) is 0 Å². The van der Waals surface area contributed by atoms with E-state index in [1.54, 1.807) is 84.9 Å². The fourth-order valence-corrected chi connectivity index (χ4v) is 4.85. The molecule has 0 aromatic heterocycles. The van der Waals surface area contributed by atoms with E-state index in [9.17, 15) is 18.0 Å². The summed E-state index contributed by atoms with van der Waals surface area (Å²) in [7, 11) is -3.49. The van der Waals surface area contributed by atoms with Crippen LogP contribution in [0.5, 0.6) is 0 Å². The minimum atomic E-state index is -3.49. The number of benzene rings is 4. The largest absolute Gasteiger partial charge is 0.457 e. The van der Waals surface area contributed by atoms with Gasteiger partial charge in [0.05, 0.1) is 16.2 Å². The molecule has 0 N–H and O–H groups in total. The molecule has 0 radical (unpaired) electrons. The average Bonchev–Trinajstić information content (AvgIpc) is 2.88. The molecule has 4 rings (SSSR count). The first-order valence-electron chi connectivity index (χ1n) is 10.7. The van der Waals surface area contributed by atoms with Crippen molar-refractivity contribution >= 4 is 21.6 Å². The summed E-state index contributed by atoms with van der Waals surface area (Å²) < 4.78 is 30.8. The molecule has 170 valence electrons. The standard InChI is InChI=1S/C28H22O5S/c29-27(23-11-5-2-6-12-23)25-13-7-8-14-26(25)28(30)33-19-21-15-17-24(18-16-21)34(31,32)20-22-9-3-1-4-10-22/h1-18H,19-20H2. The molecule has 0 atom stereocenters. The number of carbonyl (C=O) groups excluding carboxylic acids is 2. The lowest BCUT2D eigenvalue weighted by atomic mass is 9.98. The molecule has 4 aromatic carbocycles. The molecule has 0 saturated heterocycles. The highest BCUT2D eigenvalue weighted by Crippen LogP contribution is 2.19. The molecule has 0 aliphatic heterocycles. The van der Waals surface area contributed by atoms with Gasteiger partial charge in [-0.25, -0.2) is 13.2 Å². The zero-order chi connectivity index (χ0) is 24.0. The number of hydrogen-bond acceptors (Lipinski definition) is 5. The quantitative estimate of drug-likeness (QED) is 0.260. The van der Waals surface area contributed by atoms with Crippen molar-refractivity contribution in [2.24, 2.45) is 0 Å². The van der Waals surface area contributed by atoms with Crippen LogP contribution in [0.2, 0.25) is 0 Å². The van der Waals surface area contributed by atoms with Crippen molar-refractivity contribution in [1.82, 2.24) is 0 Å². The number of ketones is 1. The Balaban J connectivity index is 1.44. The van der Waals surface area contributed by atoms with Crippen LogP contribution in [0.4, 0.5) is 0 Å². The third kappa shape index (κ3) is 5.47. The molecule has 34 heavy (non-hydrogen) atoms. The van der Waals surface area contributed by atoms with Crippen LogP contribution < -0.4 is 0 Å². The molecule has 0 saturated carbocycles. The smallest absolute Gasteiger partial charge is 0.339 e. The second-order valence-corrected chi connectivity index (χ2v) is 9.70. The number of carbonyl (C=O) groups is 2. The van der Waals surface area contributed by atoms with Crippen molar-refractivity contribution in [1.29, 1.82) is 0 Å². The molecule has 0 heterocycles. The minimum Gasteiger partial charge on any atom is -0.457 e. The van der Waals surface area contributed by atoms with Crippen LogP contribution in [0.15, 0.2) is 114 Å². The number of rotatable bonds is 8. The monoisotopic (exact) mass is 470 g/mol. The molecule has 0 fully saturated rings. The summed E-state index contributed by atoms with van der Waals surface area (Å²) in [6.07, 6.45) is 0. The van der Waals surface area contributed by atoms with Crippen LogP contribution in [-0.4, -0.2) is 20.2 Å². The van der Waals surface area contributed by atoms with Crippen LogP contribution in [0.1, 0.15) is 37.4 Å². The molecule has 0 bridgehead atoms. The molecular formula is C28H22O5S. The predicted octanol–water partition coefficient (Wildman–Crippen LogP) is 5.25. The summed E-state index contributed by atoms with van der Waals surface area (Å²) in [5.41, 5.74) is 2.28. The number of sulfone groups is 1. The summed E-state index contributed by atoms with van der Waals surface area (Å²) in [5.74, 6) is -0.976. The van der Waals surface area contributed by atoms with Gasteiger partial charge in [0.25, 0.3) is 0 Å². The third-order valence-corrected chi connectivity index (χ3v) is 6.98. The first-order valence-corrected chi connectivity index (χ1v) is 12.3. The van der Waals surface area contributed by atoms with Crippen LogP contribution >= 0.6 is 0 Å². The topological polar surface area (TPSA) is 77.5 Å². The second-order valence-electron chi connectivity index (χ2n) is 7.71. The van der Waals surface area contributed by atoms with Gasteiger partial charge in [-0.3, -0.25) is 4.79 Å². The van der Waals surface area contributed by atoms with Gasteiger partial charge in [0.1, 0.15) is 6.61 Å². The van der Waals surface area contributed by atoms with Gasteiger partial charge < -0.3 is 4.74 Å².